The maximum Gasteiger partial charge on any atom is 0.237 e. The minimum atomic E-state index is -0.768. The first-order chi connectivity index (χ1) is 8.42. The Balaban J connectivity index is 1.95. The molecule has 3 unspecified atom stereocenters. The van der Waals surface area contributed by atoms with Crippen LogP contribution in [0.4, 0.5) is 0 Å². The van der Waals surface area contributed by atoms with Crippen LogP contribution in [0.3, 0.4) is 0 Å². The second kappa shape index (κ2) is 5.15. The molecule has 0 spiro atoms. The highest BCUT2D eigenvalue weighted by Gasteiger charge is 2.43. The Morgan fingerprint density at radius 2 is 2.11 bits per heavy atom. The number of carbonyl (C=O) groups excluding carboxylic acids is 1. The Labute approximate surface area is 109 Å². The summed E-state index contributed by atoms with van der Waals surface area (Å²) in [5.41, 5.74) is 10.7. The van der Waals surface area contributed by atoms with Gasteiger partial charge in [0.1, 0.15) is 0 Å². The molecule has 0 aromatic rings. The van der Waals surface area contributed by atoms with Gasteiger partial charge in [0.2, 0.25) is 5.91 Å². The Morgan fingerprint density at radius 3 is 2.67 bits per heavy atom. The maximum atomic E-state index is 11.4. The number of likely N-dealkylation sites (N-methyl/N-ethyl adjacent to an activating group) is 1. The van der Waals surface area contributed by atoms with Crippen LogP contribution in [0.2, 0.25) is 0 Å². The average Bonchev–Trinajstić information content (AvgIpc) is 2.73. The van der Waals surface area contributed by atoms with Crippen LogP contribution < -0.4 is 11.5 Å². The number of nitrogens with two attached hydrogens (primary N) is 2. The van der Waals surface area contributed by atoms with Crippen molar-refractivity contribution < 1.29 is 4.79 Å². The number of likely N-dealkylation sites (tertiary alicyclic amines) is 1. The Kier molecular flexibility index (Phi) is 3.94. The molecule has 2 rings (SSSR count). The normalized spacial score (nSPS) is 38.2. The van der Waals surface area contributed by atoms with Crippen LogP contribution in [-0.4, -0.2) is 60.5 Å². The van der Waals surface area contributed by atoms with Gasteiger partial charge < -0.3 is 16.4 Å². The van der Waals surface area contributed by atoms with Crippen molar-refractivity contribution in [3.63, 3.8) is 0 Å². The zero-order valence-corrected chi connectivity index (χ0v) is 11.6. The Morgan fingerprint density at radius 1 is 1.39 bits per heavy atom. The second-order valence-corrected chi connectivity index (χ2v) is 6.17. The molecule has 0 bridgehead atoms. The highest BCUT2D eigenvalue weighted by atomic mass is 16.1. The minimum absolute atomic E-state index is 0.342. The van der Waals surface area contributed by atoms with Crippen molar-refractivity contribution in [2.75, 3.05) is 27.2 Å². The first kappa shape index (κ1) is 13.8. The van der Waals surface area contributed by atoms with Gasteiger partial charge in [-0.3, -0.25) is 9.69 Å². The molecule has 5 heteroatoms. The fraction of sp³-hybridized carbons (Fsp3) is 0.923. The van der Waals surface area contributed by atoms with Gasteiger partial charge in [-0.05, 0) is 52.7 Å². The standard InChI is InChI=1S/C13H26N4O/c1-16(2)11-4-3-7-17(9-11)10-5-6-13(15,8-10)12(14)18/h10-11H,3-9,15H2,1-2H3,(H2,14,18). The largest absolute Gasteiger partial charge is 0.368 e. The van der Waals surface area contributed by atoms with E-state index < -0.39 is 5.54 Å². The third-order valence-electron chi connectivity index (χ3n) is 4.69. The van der Waals surface area contributed by atoms with Gasteiger partial charge in [-0.15, -0.1) is 0 Å². The quantitative estimate of drug-likeness (QED) is 0.728. The fourth-order valence-corrected chi connectivity index (χ4v) is 3.32. The third-order valence-corrected chi connectivity index (χ3v) is 4.69. The Hall–Kier alpha value is -0.650. The van der Waals surface area contributed by atoms with Gasteiger partial charge in [0.25, 0.3) is 0 Å². The van der Waals surface area contributed by atoms with Crippen LogP contribution in [0, 0.1) is 0 Å². The van der Waals surface area contributed by atoms with E-state index in [9.17, 15) is 4.79 Å². The molecule has 4 N–H and O–H groups in total. The van der Waals surface area contributed by atoms with E-state index in [0.717, 1.165) is 32.4 Å². The molecule has 104 valence electrons. The topological polar surface area (TPSA) is 75.6 Å². The van der Waals surface area contributed by atoms with Gasteiger partial charge in [0, 0.05) is 18.6 Å². The average molecular weight is 254 g/mol. The van der Waals surface area contributed by atoms with Crippen LogP contribution in [0.5, 0.6) is 0 Å². The lowest BCUT2D eigenvalue weighted by Gasteiger charge is -2.39. The fourth-order valence-electron chi connectivity index (χ4n) is 3.32. The van der Waals surface area contributed by atoms with Crippen molar-refractivity contribution in [1.29, 1.82) is 0 Å². The van der Waals surface area contributed by atoms with Gasteiger partial charge in [-0.1, -0.05) is 0 Å². The second-order valence-electron chi connectivity index (χ2n) is 6.17. The van der Waals surface area contributed by atoms with Crippen molar-refractivity contribution in [3.05, 3.63) is 0 Å². The lowest BCUT2D eigenvalue weighted by Crippen LogP contribution is -2.53. The number of amides is 1. The van der Waals surface area contributed by atoms with Gasteiger partial charge >= 0.3 is 0 Å². The number of nitrogens with zero attached hydrogens (tertiary/aromatic N) is 2. The van der Waals surface area contributed by atoms with Crippen molar-refractivity contribution in [3.8, 4) is 0 Å². The van der Waals surface area contributed by atoms with E-state index >= 15 is 0 Å². The first-order valence-corrected chi connectivity index (χ1v) is 6.91. The molecule has 1 saturated carbocycles. The van der Waals surface area contributed by atoms with E-state index in [2.05, 4.69) is 23.9 Å². The number of hydrogen-bond acceptors (Lipinski definition) is 4. The number of carbonyl (C=O) groups is 1. The number of rotatable bonds is 3. The summed E-state index contributed by atoms with van der Waals surface area (Å²) in [5.74, 6) is -0.342. The third kappa shape index (κ3) is 2.68. The highest BCUT2D eigenvalue weighted by molar-refractivity contribution is 5.84. The molecular formula is C13H26N4O. The summed E-state index contributed by atoms with van der Waals surface area (Å²) in [4.78, 5) is 16.2. The van der Waals surface area contributed by atoms with Crippen molar-refractivity contribution in [2.24, 2.45) is 11.5 Å². The molecule has 1 heterocycles. The predicted molar refractivity (Wildman–Crippen MR) is 72.0 cm³/mol. The Bertz CT molecular complexity index is 320. The van der Waals surface area contributed by atoms with Crippen LogP contribution in [0.15, 0.2) is 0 Å². The van der Waals surface area contributed by atoms with Crippen molar-refractivity contribution >= 4 is 5.91 Å². The smallest absolute Gasteiger partial charge is 0.237 e. The SMILES string of the molecule is CN(C)C1CCCN(C2CCC(N)(C(N)=O)C2)C1. The molecule has 2 aliphatic rings. The lowest BCUT2D eigenvalue weighted by molar-refractivity contribution is -0.123. The van der Waals surface area contributed by atoms with Crippen LogP contribution in [-0.2, 0) is 4.79 Å². The van der Waals surface area contributed by atoms with Gasteiger partial charge in [-0.25, -0.2) is 0 Å². The van der Waals surface area contributed by atoms with Crippen molar-refractivity contribution in [2.45, 2.75) is 49.7 Å². The molecule has 0 aromatic carbocycles. The summed E-state index contributed by atoms with van der Waals surface area (Å²) in [6, 6.07) is 1.06. The molecule has 0 aromatic heterocycles. The van der Waals surface area contributed by atoms with Gasteiger partial charge in [-0.2, -0.15) is 0 Å². The summed E-state index contributed by atoms with van der Waals surface area (Å²) >= 11 is 0. The van der Waals surface area contributed by atoms with E-state index in [1.807, 2.05) is 0 Å². The van der Waals surface area contributed by atoms with Gasteiger partial charge in [0.15, 0.2) is 0 Å². The van der Waals surface area contributed by atoms with Crippen LogP contribution in [0.25, 0.3) is 0 Å². The van der Waals surface area contributed by atoms with E-state index in [-0.39, 0.29) is 5.91 Å². The molecule has 3 atom stereocenters. The zero-order chi connectivity index (χ0) is 13.3. The monoisotopic (exact) mass is 254 g/mol. The molecular weight excluding hydrogens is 228 g/mol. The molecule has 1 aliphatic heterocycles. The molecule has 1 amide bonds. The summed E-state index contributed by atoms with van der Waals surface area (Å²) in [5, 5.41) is 0. The van der Waals surface area contributed by atoms with Crippen molar-refractivity contribution in [1.82, 2.24) is 9.80 Å². The summed E-state index contributed by atoms with van der Waals surface area (Å²) in [7, 11) is 4.28. The zero-order valence-electron chi connectivity index (χ0n) is 11.6. The molecule has 1 saturated heterocycles. The van der Waals surface area contributed by atoms with E-state index in [1.165, 1.54) is 12.8 Å². The number of piperidine rings is 1. The maximum absolute atomic E-state index is 11.4. The van der Waals surface area contributed by atoms with E-state index in [4.69, 9.17) is 11.5 Å². The molecule has 18 heavy (non-hydrogen) atoms. The highest BCUT2D eigenvalue weighted by Crippen LogP contribution is 2.32. The number of primary amides is 1. The minimum Gasteiger partial charge on any atom is -0.368 e. The molecule has 1 aliphatic carbocycles. The number of hydrogen-bond donors (Lipinski definition) is 2. The summed E-state index contributed by atoms with van der Waals surface area (Å²) < 4.78 is 0. The van der Waals surface area contributed by atoms with E-state index in [0.29, 0.717) is 12.1 Å². The van der Waals surface area contributed by atoms with Gasteiger partial charge in [0.05, 0.1) is 5.54 Å². The van der Waals surface area contributed by atoms with Crippen LogP contribution in [0.1, 0.15) is 32.1 Å². The lowest BCUT2D eigenvalue weighted by atomic mass is 9.97. The molecule has 0 radical (unpaired) electrons. The van der Waals surface area contributed by atoms with E-state index in [1.54, 1.807) is 0 Å². The molecule has 5 nitrogen and oxygen atoms in total. The molecule has 2 fully saturated rings. The summed E-state index contributed by atoms with van der Waals surface area (Å²) in [6.45, 7) is 2.22. The predicted octanol–water partition coefficient (Wildman–Crippen LogP) is -0.252. The first-order valence-electron chi connectivity index (χ1n) is 6.91. The van der Waals surface area contributed by atoms with Crippen LogP contribution >= 0.6 is 0 Å². The summed E-state index contributed by atoms with van der Waals surface area (Å²) in [6.07, 6.45) is 4.95.